The van der Waals surface area contributed by atoms with Crippen molar-refractivity contribution < 1.29 is 13.2 Å². The summed E-state index contributed by atoms with van der Waals surface area (Å²) in [5.41, 5.74) is 0.851. The number of thiocarbonyl (C=S) groups is 1. The van der Waals surface area contributed by atoms with Crippen molar-refractivity contribution in [2.24, 2.45) is 5.92 Å². The van der Waals surface area contributed by atoms with Gasteiger partial charge in [-0.05, 0) is 36.7 Å². The zero-order chi connectivity index (χ0) is 17.5. The first kappa shape index (κ1) is 17.5. The molecule has 5 nitrogen and oxygen atoms in total. The third-order valence-electron chi connectivity index (χ3n) is 4.77. The molecule has 7 heteroatoms. The molecule has 2 aliphatic rings. The number of methoxy groups -OCH3 is 1. The minimum Gasteiger partial charge on any atom is -0.495 e. The van der Waals surface area contributed by atoms with Crippen LogP contribution in [0.1, 0.15) is 20.3 Å². The lowest BCUT2D eigenvalue weighted by atomic mass is 10.1. The van der Waals surface area contributed by atoms with Crippen LogP contribution in [0, 0.1) is 5.92 Å². The van der Waals surface area contributed by atoms with Crippen LogP contribution in [-0.2, 0) is 9.84 Å². The highest BCUT2D eigenvalue weighted by Gasteiger charge is 2.52. The van der Waals surface area contributed by atoms with Crippen molar-refractivity contribution in [1.82, 2.24) is 4.90 Å². The molecule has 0 aliphatic carbocycles. The predicted octanol–water partition coefficient (Wildman–Crippen LogP) is 2.31. The minimum absolute atomic E-state index is 0.0637. The van der Waals surface area contributed by atoms with E-state index < -0.39 is 9.84 Å². The second-order valence-corrected chi connectivity index (χ2v) is 9.43. The fraction of sp³-hybridized carbons (Fsp3) is 0.588. The summed E-state index contributed by atoms with van der Waals surface area (Å²) in [5, 5.41) is 0.713. The van der Waals surface area contributed by atoms with Crippen LogP contribution in [-0.4, -0.2) is 55.7 Å². The normalized spacial score (nSPS) is 25.4. The molecule has 0 saturated carbocycles. The molecule has 2 atom stereocenters. The number of nitrogens with zero attached hydrogens (tertiary/aromatic N) is 2. The highest BCUT2D eigenvalue weighted by Crippen LogP contribution is 2.39. The molecule has 0 spiro atoms. The first-order chi connectivity index (χ1) is 11.3. The fourth-order valence-electron chi connectivity index (χ4n) is 3.55. The topological polar surface area (TPSA) is 49.9 Å². The summed E-state index contributed by atoms with van der Waals surface area (Å²) >= 11 is 5.73. The van der Waals surface area contributed by atoms with E-state index in [1.165, 1.54) is 0 Å². The lowest BCUT2D eigenvalue weighted by Gasteiger charge is -2.27. The Morgan fingerprint density at radius 3 is 2.58 bits per heavy atom. The number of para-hydroxylation sites is 2. The van der Waals surface area contributed by atoms with Crippen LogP contribution < -0.4 is 9.64 Å². The van der Waals surface area contributed by atoms with Gasteiger partial charge in [-0.2, -0.15) is 0 Å². The number of benzene rings is 1. The molecule has 0 unspecified atom stereocenters. The SMILES string of the molecule is COc1ccccc1N1C(=S)N(CCC(C)C)[C@H]2CS(=O)(=O)C[C@@H]21. The monoisotopic (exact) mass is 368 g/mol. The molecule has 2 heterocycles. The van der Waals surface area contributed by atoms with Crippen LogP contribution in [0.2, 0.25) is 0 Å². The van der Waals surface area contributed by atoms with Crippen LogP contribution in [0.4, 0.5) is 5.69 Å². The summed E-state index contributed by atoms with van der Waals surface area (Å²) in [6.07, 6.45) is 0.989. The molecule has 132 valence electrons. The standard InChI is InChI=1S/C17H24N2O3S2/c1-12(2)8-9-18-14-10-24(20,21)11-15(14)19(17(18)23)13-6-4-5-7-16(13)22-3/h4-7,12,14-15H,8-11H2,1-3H3/t14-,15-/m0/s1. The average molecular weight is 369 g/mol. The molecule has 0 radical (unpaired) electrons. The van der Waals surface area contributed by atoms with E-state index in [1.807, 2.05) is 29.2 Å². The summed E-state index contributed by atoms with van der Waals surface area (Å²) in [5.74, 6) is 1.59. The maximum Gasteiger partial charge on any atom is 0.176 e. The van der Waals surface area contributed by atoms with Gasteiger partial charge in [0.1, 0.15) is 5.75 Å². The van der Waals surface area contributed by atoms with E-state index in [-0.39, 0.29) is 23.6 Å². The summed E-state index contributed by atoms with van der Waals surface area (Å²) < 4.78 is 29.9. The lowest BCUT2D eigenvalue weighted by molar-refractivity contribution is 0.333. The van der Waals surface area contributed by atoms with Crippen LogP contribution in [0.15, 0.2) is 24.3 Å². The number of hydrogen-bond donors (Lipinski definition) is 0. The molecule has 0 aromatic heterocycles. The molecule has 24 heavy (non-hydrogen) atoms. The maximum atomic E-state index is 12.2. The smallest absolute Gasteiger partial charge is 0.176 e. The molecule has 3 rings (SSSR count). The van der Waals surface area contributed by atoms with Crippen LogP contribution >= 0.6 is 12.2 Å². The van der Waals surface area contributed by atoms with E-state index >= 15 is 0 Å². The first-order valence-electron chi connectivity index (χ1n) is 8.27. The lowest BCUT2D eigenvalue weighted by Crippen LogP contribution is -2.38. The molecular weight excluding hydrogens is 344 g/mol. The number of rotatable bonds is 5. The third-order valence-corrected chi connectivity index (χ3v) is 6.90. The maximum absolute atomic E-state index is 12.2. The molecule has 0 amide bonds. The zero-order valence-corrected chi connectivity index (χ0v) is 15.9. The second-order valence-electron chi connectivity index (χ2n) is 6.91. The Kier molecular flexibility index (Phi) is 4.75. The van der Waals surface area contributed by atoms with E-state index in [2.05, 4.69) is 18.7 Å². The van der Waals surface area contributed by atoms with Gasteiger partial charge >= 0.3 is 0 Å². The van der Waals surface area contributed by atoms with Crippen LogP contribution in [0.25, 0.3) is 0 Å². The Labute approximate surface area is 149 Å². The van der Waals surface area contributed by atoms with Gasteiger partial charge in [-0.15, -0.1) is 0 Å². The van der Waals surface area contributed by atoms with Gasteiger partial charge in [-0.1, -0.05) is 26.0 Å². The number of fused-ring (bicyclic) bond motifs is 1. The Morgan fingerprint density at radius 1 is 1.25 bits per heavy atom. The number of hydrogen-bond acceptors (Lipinski definition) is 4. The Hall–Kier alpha value is -1.34. The van der Waals surface area contributed by atoms with E-state index in [4.69, 9.17) is 17.0 Å². The summed E-state index contributed by atoms with van der Waals surface area (Å²) in [4.78, 5) is 4.10. The quantitative estimate of drug-likeness (QED) is 0.744. The average Bonchev–Trinajstić information content (AvgIpc) is 2.94. The van der Waals surface area contributed by atoms with Crippen molar-refractivity contribution in [2.45, 2.75) is 32.4 Å². The van der Waals surface area contributed by atoms with Crippen molar-refractivity contribution in [2.75, 3.05) is 30.1 Å². The van der Waals surface area contributed by atoms with Gasteiger partial charge in [0.2, 0.25) is 0 Å². The van der Waals surface area contributed by atoms with Gasteiger partial charge in [0, 0.05) is 6.54 Å². The molecule has 2 aliphatic heterocycles. The van der Waals surface area contributed by atoms with Crippen molar-refractivity contribution in [1.29, 1.82) is 0 Å². The van der Waals surface area contributed by atoms with E-state index in [9.17, 15) is 8.42 Å². The van der Waals surface area contributed by atoms with Gasteiger partial charge in [-0.25, -0.2) is 8.42 Å². The third kappa shape index (κ3) is 3.11. The van der Waals surface area contributed by atoms with E-state index in [0.29, 0.717) is 16.8 Å². The molecule has 2 fully saturated rings. The summed E-state index contributed by atoms with van der Waals surface area (Å²) in [7, 11) is -1.42. The zero-order valence-electron chi connectivity index (χ0n) is 14.3. The fourth-order valence-corrected chi connectivity index (χ4v) is 5.96. The van der Waals surface area contributed by atoms with Crippen molar-refractivity contribution >= 4 is 32.9 Å². The predicted molar refractivity (Wildman–Crippen MR) is 100 cm³/mol. The molecule has 0 N–H and O–H groups in total. The van der Waals surface area contributed by atoms with Gasteiger partial charge in [0.05, 0.1) is 36.4 Å². The Balaban J connectivity index is 1.98. The van der Waals surface area contributed by atoms with Gasteiger partial charge < -0.3 is 14.5 Å². The van der Waals surface area contributed by atoms with Crippen molar-refractivity contribution in [3.63, 3.8) is 0 Å². The van der Waals surface area contributed by atoms with Gasteiger partial charge in [-0.3, -0.25) is 0 Å². The first-order valence-corrected chi connectivity index (χ1v) is 10.5. The molecule has 0 bridgehead atoms. The van der Waals surface area contributed by atoms with Crippen molar-refractivity contribution in [3.8, 4) is 5.75 Å². The second kappa shape index (κ2) is 6.52. The Morgan fingerprint density at radius 2 is 1.92 bits per heavy atom. The molecular formula is C17H24N2O3S2. The highest BCUT2D eigenvalue weighted by atomic mass is 32.2. The Bertz CT molecular complexity index is 733. The van der Waals surface area contributed by atoms with Crippen LogP contribution in [0.3, 0.4) is 0 Å². The van der Waals surface area contributed by atoms with E-state index in [0.717, 1.165) is 18.7 Å². The highest BCUT2D eigenvalue weighted by molar-refractivity contribution is 7.91. The molecule has 1 aromatic carbocycles. The summed E-state index contributed by atoms with van der Waals surface area (Å²) in [6, 6.07) is 7.46. The van der Waals surface area contributed by atoms with Crippen molar-refractivity contribution in [3.05, 3.63) is 24.3 Å². The van der Waals surface area contributed by atoms with Crippen LogP contribution in [0.5, 0.6) is 5.75 Å². The number of ether oxygens (including phenoxy) is 1. The van der Waals surface area contributed by atoms with Gasteiger partial charge in [0.25, 0.3) is 0 Å². The minimum atomic E-state index is -3.04. The summed E-state index contributed by atoms with van der Waals surface area (Å²) in [6.45, 7) is 5.12. The molecule has 2 saturated heterocycles. The number of sulfone groups is 1. The largest absolute Gasteiger partial charge is 0.495 e. The van der Waals surface area contributed by atoms with E-state index in [1.54, 1.807) is 7.11 Å². The van der Waals surface area contributed by atoms with Gasteiger partial charge in [0.15, 0.2) is 14.9 Å². The molecule has 1 aromatic rings. The number of anilines is 1.